The second-order valence-corrected chi connectivity index (χ2v) is 11.6. The van der Waals surface area contributed by atoms with Crippen LogP contribution < -0.4 is 16.4 Å². The number of amides is 4. The number of alkyl carbamates (subject to hydrolysis) is 1. The third-order valence-corrected chi connectivity index (χ3v) is 6.01. The van der Waals surface area contributed by atoms with E-state index in [2.05, 4.69) is 10.6 Å². The summed E-state index contributed by atoms with van der Waals surface area (Å²) in [6.07, 6.45) is -1.15. The van der Waals surface area contributed by atoms with Crippen molar-refractivity contribution in [2.75, 3.05) is 13.2 Å². The highest BCUT2D eigenvalue weighted by Crippen LogP contribution is 2.33. The predicted octanol–water partition coefficient (Wildman–Crippen LogP) is 3.20. The zero-order valence-corrected chi connectivity index (χ0v) is 25.3. The molecule has 40 heavy (non-hydrogen) atoms. The van der Waals surface area contributed by atoms with Crippen LogP contribution in [0.3, 0.4) is 0 Å². The van der Waals surface area contributed by atoms with E-state index in [0.29, 0.717) is 5.56 Å². The lowest BCUT2D eigenvalue weighted by atomic mass is 9.91. The summed E-state index contributed by atoms with van der Waals surface area (Å²) in [4.78, 5) is 65.6. The van der Waals surface area contributed by atoms with E-state index in [9.17, 15) is 24.0 Å². The zero-order chi connectivity index (χ0) is 30.8. The van der Waals surface area contributed by atoms with E-state index in [1.807, 2.05) is 19.9 Å². The highest BCUT2D eigenvalue weighted by molar-refractivity contribution is 5.93. The molecule has 0 radical (unpaired) electrons. The molecule has 224 valence electrons. The molecular weight excluding hydrogens is 516 g/mol. The summed E-state index contributed by atoms with van der Waals surface area (Å²) in [5, 5.41) is 5.34. The monoisotopic (exact) mass is 562 g/mol. The number of hydrogen-bond acceptors (Lipinski definition) is 7. The molecule has 1 aromatic rings. The van der Waals surface area contributed by atoms with Gasteiger partial charge in [0, 0.05) is 18.5 Å². The van der Waals surface area contributed by atoms with Gasteiger partial charge in [0.2, 0.25) is 17.7 Å². The van der Waals surface area contributed by atoms with Crippen LogP contribution in [0.4, 0.5) is 4.79 Å². The number of esters is 1. The molecule has 1 rings (SSSR count). The van der Waals surface area contributed by atoms with Crippen molar-refractivity contribution in [3.63, 3.8) is 0 Å². The first-order valence-corrected chi connectivity index (χ1v) is 13.5. The molecule has 0 heterocycles. The molecule has 11 nitrogen and oxygen atoms in total. The number of carbonyl (C=O) groups excluding carboxylic acids is 5. The number of rotatable bonds is 12. The molecule has 0 spiro atoms. The van der Waals surface area contributed by atoms with Crippen LogP contribution in [-0.4, -0.2) is 65.0 Å². The van der Waals surface area contributed by atoms with Crippen molar-refractivity contribution >= 4 is 29.8 Å². The second kappa shape index (κ2) is 14.7. The molecule has 0 aliphatic rings. The van der Waals surface area contributed by atoms with Crippen molar-refractivity contribution in [3.8, 4) is 0 Å². The Morgan fingerprint density at radius 2 is 1.62 bits per heavy atom. The fourth-order valence-corrected chi connectivity index (χ4v) is 4.09. The number of hydrogen-bond donors (Lipinski definition) is 3. The first-order chi connectivity index (χ1) is 18.4. The minimum absolute atomic E-state index is 0.00641. The average molecular weight is 563 g/mol. The summed E-state index contributed by atoms with van der Waals surface area (Å²) >= 11 is 0. The van der Waals surface area contributed by atoms with Crippen molar-refractivity contribution in [2.45, 2.75) is 105 Å². The summed E-state index contributed by atoms with van der Waals surface area (Å²) in [6, 6.07) is 3.14. The Morgan fingerprint density at radius 1 is 1.00 bits per heavy atom. The van der Waals surface area contributed by atoms with Gasteiger partial charge in [0.25, 0.3) is 0 Å². The van der Waals surface area contributed by atoms with Crippen molar-refractivity contribution in [2.24, 2.45) is 5.73 Å². The van der Waals surface area contributed by atoms with Gasteiger partial charge in [0.1, 0.15) is 17.7 Å². The van der Waals surface area contributed by atoms with Crippen LogP contribution in [0.1, 0.15) is 90.5 Å². The molecule has 0 saturated carbocycles. The number of carbonyl (C=O) groups is 5. The topological polar surface area (TPSA) is 157 Å². The van der Waals surface area contributed by atoms with Gasteiger partial charge in [-0.1, -0.05) is 18.2 Å². The number of nitrogens with one attached hydrogen (secondary N) is 2. The minimum Gasteiger partial charge on any atom is -0.466 e. The number of nitrogens with two attached hydrogens (primary N) is 1. The van der Waals surface area contributed by atoms with Crippen LogP contribution >= 0.6 is 0 Å². The first kappa shape index (κ1) is 34.4. The van der Waals surface area contributed by atoms with Gasteiger partial charge in [-0.3, -0.25) is 19.2 Å². The molecule has 0 saturated heterocycles. The molecule has 1 aromatic carbocycles. The molecule has 4 N–H and O–H groups in total. The van der Waals surface area contributed by atoms with Crippen molar-refractivity contribution in [3.05, 3.63) is 34.9 Å². The number of aryl methyl sites for hydroxylation is 1. The molecular formula is C29H46N4O7. The van der Waals surface area contributed by atoms with E-state index in [0.717, 1.165) is 11.1 Å². The van der Waals surface area contributed by atoms with Gasteiger partial charge >= 0.3 is 12.1 Å². The number of benzene rings is 1. The maximum atomic E-state index is 14.2. The lowest BCUT2D eigenvalue weighted by Crippen LogP contribution is -2.59. The Hall–Kier alpha value is -3.63. The van der Waals surface area contributed by atoms with Crippen LogP contribution in [0.15, 0.2) is 18.2 Å². The number of ether oxygens (including phenoxy) is 2. The van der Waals surface area contributed by atoms with Crippen LogP contribution in [0.5, 0.6) is 0 Å². The Kier molecular flexibility index (Phi) is 12.6. The molecule has 2 atom stereocenters. The Morgan fingerprint density at radius 3 is 2.15 bits per heavy atom. The standard InChI is InChI=1S/C29H46N4O7/c1-10-39-23(35)16-17-31-25(36)24(20-13-11-12-18(2)19(20)3)33(28(4,5)6)26(37)21(14-15-22(30)34)32-27(38)40-29(7,8)9/h11-13,21,24H,10,14-17H2,1-9H3,(H2,30,34)(H,31,36)(H,32,38). The van der Waals surface area contributed by atoms with Crippen molar-refractivity contribution < 1.29 is 33.4 Å². The molecule has 4 amide bonds. The Labute approximate surface area is 237 Å². The van der Waals surface area contributed by atoms with E-state index in [4.69, 9.17) is 15.2 Å². The van der Waals surface area contributed by atoms with E-state index >= 15 is 0 Å². The third kappa shape index (κ3) is 10.9. The molecule has 11 heteroatoms. The fraction of sp³-hybridized carbons (Fsp3) is 0.621. The van der Waals surface area contributed by atoms with Gasteiger partial charge in [-0.05, 0) is 85.4 Å². The van der Waals surface area contributed by atoms with Crippen molar-refractivity contribution in [1.82, 2.24) is 15.5 Å². The first-order valence-electron chi connectivity index (χ1n) is 13.5. The van der Waals surface area contributed by atoms with E-state index in [-0.39, 0.29) is 32.4 Å². The van der Waals surface area contributed by atoms with Gasteiger partial charge in [-0.2, -0.15) is 0 Å². The highest BCUT2D eigenvalue weighted by atomic mass is 16.6. The van der Waals surface area contributed by atoms with Gasteiger partial charge in [-0.25, -0.2) is 4.79 Å². The van der Waals surface area contributed by atoms with Crippen LogP contribution in [0.25, 0.3) is 0 Å². The maximum Gasteiger partial charge on any atom is 0.408 e. The van der Waals surface area contributed by atoms with Gasteiger partial charge < -0.3 is 30.7 Å². The quantitative estimate of drug-likeness (QED) is 0.330. The summed E-state index contributed by atoms with van der Waals surface area (Å²) in [7, 11) is 0. The fourth-order valence-electron chi connectivity index (χ4n) is 4.09. The number of nitrogens with zero attached hydrogens (tertiary/aromatic N) is 1. The second-order valence-electron chi connectivity index (χ2n) is 11.6. The van der Waals surface area contributed by atoms with E-state index in [1.54, 1.807) is 60.6 Å². The molecule has 0 aromatic heterocycles. The van der Waals surface area contributed by atoms with Crippen LogP contribution in [-0.2, 0) is 28.7 Å². The summed E-state index contributed by atoms with van der Waals surface area (Å²) < 4.78 is 10.3. The molecule has 0 bridgehead atoms. The lowest BCUT2D eigenvalue weighted by Gasteiger charge is -2.43. The minimum atomic E-state index is -1.21. The third-order valence-electron chi connectivity index (χ3n) is 6.01. The Balaban J connectivity index is 3.59. The molecule has 0 fully saturated rings. The zero-order valence-electron chi connectivity index (χ0n) is 25.3. The van der Waals surface area contributed by atoms with E-state index < -0.39 is 53.0 Å². The van der Waals surface area contributed by atoms with Crippen LogP contribution in [0, 0.1) is 13.8 Å². The highest BCUT2D eigenvalue weighted by Gasteiger charge is 2.42. The molecule has 2 unspecified atom stereocenters. The smallest absolute Gasteiger partial charge is 0.408 e. The van der Waals surface area contributed by atoms with E-state index in [1.165, 1.54) is 4.90 Å². The largest absolute Gasteiger partial charge is 0.466 e. The summed E-state index contributed by atoms with van der Waals surface area (Å²) in [5.41, 5.74) is 5.93. The number of primary amides is 1. The average Bonchev–Trinajstić information content (AvgIpc) is 2.79. The van der Waals surface area contributed by atoms with Crippen molar-refractivity contribution in [1.29, 1.82) is 0 Å². The normalized spacial score (nSPS) is 13.0. The van der Waals surface area contributed by atoms with Gasteiger partial charge in [-0.15, -0.1) is 0 Å². The molecule has 0 aliphatic heterocycles. The lowest BCUT2D eigenvalue weighted by molar-refractivity contribution is -0.149. The van der Waals surface area contributed by atoms with Crippen LogP contribution in [0.2, 0.25) is 0 Å². The summed E-state index contributed by atoms with van der Waals surface area (Å²) in [5.74, 6) is -2.20. The van der Waals surface area contributed by atoms with Gasteiger partial charge in [0.15, 0.2) is 0 Å². The Bertz CT molecular complexity index is 1070. The SMILES string of the molecule is CCOC(=O)CCNC(=O)C(c1cccc(C)c1C)N(C(=O)C(CCC(N)=O)NC(=O)OC(C)(C)C)C(C)(C)C. The predicted molar refractivity (Wildman–Crippen MR) is 151 cm³/mol. The summed E-state index contributed by atoms with van der Waals surface area (Å²) in [6.45, 7) is 16.1. The van der Waals surface area contributed by atoms with Gasteiger partial charge in [0.05, 0.1) is 13.0 Å². The maximum absolute atomic E-state index is 14.2. The molecule has 0 aliphatic carbocycles.